The second-order valence-corrected chi connectivity index (χ2v) is 6.41. The zero-order chi connectivity index (χ0) is 17.1. The molecule has 0 spiro atoms. The molecular weight excluding hydrogens is 292 g/mol. The Bertz CT molecular complexity index is 389. The summed E-state index contributed by atoms with van der Waals surface area (Å²) in [5, 5.41) is 18.9. The first kappa shape index (κ1) is 19.9. The Morgan fingerprint density at radius 3 is 2.48 bits per heavy atom. The fourth-order valence-corrected chi connectivity index (χ4v) is 2.60. The fraction of sp³-hybridized carbons (Fsp3) is 0.737. The number of allylic oxidation sites excluding steroid dienone is 3. The molecule has 1 fully saturated rings. The highest BCUT2D eigenvalue weighted by atomic mass is 16.6. The third kappa shape index (κ3) is 8.92. The van der Waals surface area contributed by atoms with Gasteiger partial charge in [-0.1, -0.05) is 63.8 Å². The van der Waals surface area contributed by atoms with E-state index in [0.717, 1.165) is 51.4 Å². The summed E-state index contributed by atoms with van der Waals surface area (Å²) in [5.41, 5.74) is 0. The van der Waals surface area contributed by atoms with Crippen LogP contribution in [0.3, 0.4) is 0 Å². The maximum atomic E-state index is 10.7. The number of aliphatic carboxylic acids is 1. The predicted molar refractivity (Wildman–Crippen MR) is 92.4 cm³/mol. The van der Waals surface area contributed by atoms with Gasteiger partial charge in [-0.15, -0.1) is 0 Å². The lowest BCUT2D eigenvalue weighted by atomic mass is 10.0. The smallest absolute Gasteiger partial charge is 0.306 e. The highest BCUT2D eigenvalue weighted by Crippen LogP contribution is 2.29. The molecule has 4 atom stereocenters. The van der Waals surface area contributed by atoms with Crippen molar-refractivity contribution < 1.29 is 19.7 Å². The normalized spacial score (nSPS) is 23.4. The van der Waals surface area contributed by atoms with E-state index >= 15 is 0 Å². The van der Waals surface area contributed by atoms with Crippen molar-refractivity contribution in [3.63, 3.8) is 0 Å². The van der Waals surface area contributed by atoms with Crippen LogP contribution in [0.1, 0.15) is 65.2 Å². The van der Waals surface area contributed by atoms with Crippen molar-refractivity contribution in [2.24, 2.45) is 5.92 Å². The van der Waals surface area contributed by atoms with Gasteiger partial charge in [-0.3, -0.25) is 4.79 Å². The number of aliphatic hydroxyl groups is 1. The SMILES string of the molecule is CCC=CCC=C[C@@H]1O[C@H]1[C@@H](O)CCCCCCC(C)C(=O)O. The van der Waals surface area contributed by atoms with Crippen LogP contribution in [-0.2, 0) is 9.53 Å². The van der Waals surface area contributed by atoms with Gasteiger partial charge in [0.1, 0.15) is 12.2 Å². The van der Waals surface area contributed by atoms with Crippen molar-refractivity contribution in [2.75, 3.05) is 0 Å². The zero-order valence-electron chi connectivity index (χ0n) is 14.5. The van der Waals surface area contributed by atoms with Crippen LogP contribution in [0.15, 0.2) is 24.3 Å². The number of carboxylic acids is 1. The maximum Gasteiger partial charge on any atom is 0.306 e. The minimum Gasteiger partial charge on any atom is -0.481 e. The van der Waals surface area contributed by atoms with Crippen LogP contribution in [0, 0.1) is 5.92 Å². The van der Waals surface area contributed by atoms with Crippen molar-refractivity contribution >= 4 is 5.97 Å². The van der Waals surface area contributed by atoms with Crippen molar-refractivity contribution in [1.82, 2.24) is 0 Å². The molecule has 0 bridgehead atoms. The second kappa shape index (κ2) is 11.4. The van der Waals surface area contributed by atoms with Gasteiger partial charge in [-0.2, -0.15) is 0 Å². The van der Waals surface area contributed by atoms with Gasteiger partial charge in [0.25, 0.3) is 0 Å². The van der Waals surface area contributed by atoms with E-state index in [9.17, 15) is 9.90 Å². The number of carbonyl (C=O) groups is 1. The molecule has 0 amide bonds. The largest absolute Gasteiger partial charge is 0.481 e. The van der Waals surface area contributed by atoms with Gasteiger partial charge in [0.2, 0.25) is 0 Å². The molecule has 2 N–H and O–H groups in total. The van der Waals surface area contributed by atoms with Crippen LogP contribution in [0.25, 0.3) is 0 Å². The summed E-state index contributed by atoms with van der Waals surface area (Å²) in [4.78, 5) is 10.7. The number of epoxide rings is 1. The first-order chi connectivity index (χ1) is 11.1. The fourth-order valence-electron chi connectivity index (χ4n) is 2.60. The third-order valence-corrected chi connectivity index (χ3v) is 4.25. The first-order valence-corrected chi connectivity index (χ1v) is 8.94. The number of hydrogen-bond donors (Lipinski definition) is 2. The summed E-state index contributed by atoms with van der Waals surface area (Å²) in [6.07, 6.45) is 15.5. The molecule has 0 aromatic rings. The first-order valence-electron chi connectivity index (χ1n) is 8.94. The average molecular weight is 324 g/mol. The second-order valence-electron chi connectivity index (χ2n) is 6.41. The molecule has 1 aliphatic rings. The Morgan fingerprint density at radius 2 is 1.83 bits per heavy atom. The lowest BCUT2D eigenvalue weighted by molar-refractivity contribution is -0.141. The van der Waals surface area contributed by atoms with Gasteiger partial charge >= 0.3 is 5.97 Å². The highest BCUT2D eigenvalue weighted by molar-refractivity contribution is 5.69. The molecule has 132 valence electrons. The van der Waals surface area contributed by atoms with Crippen LogP contribution in [0.4, 0.5) is 0 Å². The van der Waals surface area contributed by atoms with Gasteiger partial charge in [0.15, 0.2) is 0 Å². The molecule has 1 heterocycles. The number of hydrogen-bond acceptors (Lipinski definition) is 3. The van der Waals surface area contributed by atoms with Gasteiger partial charge in [0, 0.05) is 0 Å². The lowest BCUT2D eigenvalue weighted by Crippen LogP contribution is -2.16. The van der Waals surface area contributed by atoms with Gasteiger partial charge < -0.3 is 14.9 Å². The quantitative estimate of drug-likeness (QED) is 0.304. The van der Waals surface area contributed by atoms with Crippen molar-refractivity contribution in [3.05, 3.63) is 24.3 Å². The number of ether oxygens (including phenoxy) is 1. The molecule has 23 heavy (non-hydrogen) atoms. The van der Waals surface area contributed by atoms with Crippen LogP contribution >= 0.6 is 0 Å². The summed E-state index contributed by atoms with van der Waals surface area (Å²) in [6, 6.07) is 0. The zero-order valence-corrected chi connectivity index (χ0v) is 14.5. The van der Waals surface area contributed by atoms with Crippen LogP contribution in [-0.4, -0.2) is 34.5 Å². The van der Waals surface area contributed by atoms with E-state index in [1.54, 1.807) is 6.92 Å². The van der Waals surface area contributed by atoms with Crippen LogP contribution in [0.5, 0.6) is 0 Å². The average Bonchev–Trinajstić information content (AvgIpc) is 3.29. The Balaban J connectivity index is 2.00. The number of aliphatic hydroxyl groups excluding tert-OH is 1. The predicted octanol–water partition coefficient (Wildman–Crippen LogP) is 4.09. The van der Waals surface area contributed by atoms with Gasteiger partial charge in [-0.05, 0) is 25.7 Å². The molecule has 0 radical (unpaired) electrons. The molecule has 1 aliphatic heterocycles. The maximum absolute atomic E-state index is 10.7. The Kier molecular flexibility index (Phi) is 9.88. The third-order valence-electron chi connectivity index (χ3n) is 4.25. The van der Waals surface area contributed by atoms with E-state index in [4.69, 9.17) is 9.84 Å². The Hall–Kier alpha value is -1.13. The van der Waals surface area contributed by atoms with E-state index in [0.29, 0.717) is 0 Å². The van der Waals surface area contributed by atoms with Crippen LogP contribution < -0.4 is 0 Å². The molecule has 1 rings (SSSR count). The molecule has 0 aromatic heterocycles. The summed E-state index contributed by atoms with van der Waals surface area (Å²) >= 11 is 0. The molecule has 1 unspecified atom stereocenters. The highest BCUT2D eigenvalue weighted by Gasteiger charge is 2.41. The lowest BCUT2D eigenvalue weighted by Gasteiger charge is -2.08. The number of unbranched alkanes of at least 4 members (excludes halogenated alkanes) is 3. The van der Waals surface area contributed by atoms with E-state index in [2.05, 4.69) is 25.2 Å². The monoisotopic (exact) mass is 324 g/mol. The van der Waals surface area contributed by atoms with Crippen molar-refractivity contribution in [3.8, 4) is 0 Å². The van der Waals surface area contributed by atoms with E-state index in [-0.39, 0.29) is 24.2 Å². The number of carboxylic acid groups (broad SMARTS) is 1. The molecule has 4 nitrogen and oxygen atoms in total. The van der Waals surface area contributed by atoms with Crippen LogP contribution in [0.2, 0.25) is 0 Å². The molecule has 0 aromatic carbocycles. The van der Waals surface area contributed by atoms with Crippen molar-refractivity contribution in [1.29, 1.82) is 0 Å². The minimum atomic E-state index is -0.712. The molecular formula is C19H32O4. The summed E-state index contributed by atoms with van der Waals surface area (Å²) in [7, 11) is 0. The standard InChI is InChI=1S/C19H32O4/c1-3-4-5-6-11-14-17-18(23-17)16(20)13-10-8-7-9-12-15(2)19(21)22/h4-5,11,14-18,20H,3,6-10,12-13H2,1-2H3,(H,21,22)/t15?,16-,17-,18-/m0/s1. The minimum absolute atomic E-state index is 0.0339. The summed E-state index contributed by atoms with van der Waals surface area (Å²) in [5.74, 6) is -0.962. The molecule has 0 aliphatic carbocycles. The Labute approximate surface area is 140 Å². The molecule has 4 heteroatoms. The molecule has 1 saturated heterocycles. The van der Waals surface area contributed by atoms with E-state index in [1.807, 2.05) is 6.08 Å². The van der Waals surface area contributed by atoms with Gasteiger partial charge in [0.05, 0.1) is 12.0 Å². The van der Waals surface area contributed by atoms with E-state index < -0.39 is 5.97 Å². The van der Waals surface area contributed by atoms with E-state index in [1.165, 1.54) is 0 Å². The summed E-state index contributed by atoms with van der Waals surface area (Å²) < 4.78 is 5.50. The van der Waals surface area contributed by atoms with Crippen molar-refractivity contribution in [2.45, 2.75) is 83.5 Å². The summed E-state index contributed by atoms with van der Waals surface area (Å²) in [6.45, 7) is 3.87. The number of rotatable bonds is 13. The topological polar surface area (TPSA) is 70.1 Å². The Morgan fingerprint density at radius 1 is 1.13 bits per heavy atom. The van der Waals surface area contributed by atoms with Gasteiger partial charge in [-0.25, -0.2) is 0 Å². The molecule has 0 saturated carbocycles.